The van der Waals surface area contributed by atoms with Gasteiger partial charge in [-0.2, -0.15) is 8.42 Å². The fourth-order valence-corrected chi connectivity index (χ4v) is 4.20. The molecule has 1 saturated heterocycles. The molecule has 1 aliphatic rings. The Balaban J connectivity index is 0.00000280. The first-order valence-corrected chi connectivity index (χ1v) is 10.4. The van der Waals surface area contributed by atoms with E-state index in [2.05, 4.69) is 5.32 Å². The van der Waals surface area contributed by atoms with E-state index in [0.29, 0.717) is 18.5 Å². The molecule has 1 aliphatic heterocycles. The number of hydrogen-bond acceptors (Lipinski definition) is 4. The summed E-state index contributed by atoms with van der Waals surface area (Å²) >= 11 is 0. The number of nitrogens with one attached hydrogen (secondary N) is 1. The van der Waals surface area contributed by atoms with Gasteiger partial charge in [0.15, 0.2) is 11.6 Å². The molecule has 4 nitrogen and oxygen atoms in total. The van der Waals surface area contributed by atoms with E-state index in [4.69, 9.17) is 4.18 Å². The van der Waals surface area contributed by atoms with Crippen molar-refractivity contribution in [2.45, 2.75) is 30.9 Å². The Hall–Kier alpha value is -1.61. The second-order valence-electron chi connectivity index (χ2n) is 6.64. The molecule has 2 aromatic rings. The van der Waals surface area contributed by atoms with Gasteiger partial charge in [0.05, 0.1) is 6.26 Å². The second kappa shape index (κ2) is 9.26. The van der Waals surface area contributed by atoms with Crippen molar-refractivity contribution in [2.75, 3.05) is 12.8 Å². The minimum atomic E-state index is -3.90. The number of hydrogen-bond donors (Lipinski definition) is 1. The maximum atomic E-state index is 14.6. The Labute approximate surface area is 168 Å². The normalized spacial score (nSPS) is 19.1. The zero-order chi connectivity index (χ0) is 19.6. The van der Waals surface area contributed by atoms with Crippen molar-refractivity contribution in [2.24, 2.45) is 0 Å². The summed E-state index contributed by atoms with van der Waals surface area (Å²) in [6.45, 7) is 0.649. The fourth-order valence-electron chi connectivity index (χ4n) is 3.56. The maximum absolute atomic E-state index is 14.6. The summed E-state index contributed by atoms with van der Waals surface area (Å²) in [5, 5.41) is 3.15. The van der Waals surface area contributed by atoms with Crippen LogP contribution in [-0.2, 0) is 14.3 Å². The lowest BCUT2D eigenvalue weighted by Crippen LogP contribution is -2.42. The summed E-state index contributed by atoms with van der Waals surface area (Å²) in [6.07, 6.45) is 1.23. The molecule has 2 aromatic carbocycles. The van der Waals surface area contributed by atoms with E-state index in [-0.39, 0.29) is 18.0 Å². The summed E-state index contributed by atoms with van der Waals surface area (Å²) in [6, 6.07) is 8.66. The van der Waals surface area contributed by atoms with Crippen molar-refractivity contribution >= 4 is 22.5 Å². The molecule has 0 aromatic heterocycles. The zero-order valence-corrected chi connectivity index (χ0v) is 16.7. The lowest BCUT2D eigenvalue weighted by Gasteiger charge is -2.32. The third-order valence-electron chi connectivity index (χ3n) is 4.63. The lowest BCUT2D eigenvalue weighted by molar-refractivity contribution is 0.151. The van der Waals surface area contributed by atoms with Gasteiger partial charge in [-0.3, -0.25) is 4.18 Å². The predicted molar refractivity (Wildman–Crippen MR) is 103 cm³/mol. The molecule has 1 N–H and O–H groups in total. The third kappa shape index (κ3) is 5.26. The van der Waals surface area contributed by atoms with Crippen LogP contribution in [-0.4, -0.2) is 33.4 Å². The van der Waals surface area contributed by atoms with E-state index >= 15 is 0 Å². The molecule has 3 atom stereocenters. The Morgan fingerprint density at radius 3 is 2.46 bits per heavy atom. The Bertz CT molecular complexity index is 920. The molecule has 0 bridgehead atoms. The minimum absolute atomic E-state index is 0. The molecule has 0 saturated carbocycles. The van der Waals surface area contributed by atoms with E-state index in [1.165, 1.54) is 30.3 Å². The van der Waals surface area contributed by atoms with Crippen LogP contribution in [0.4, 0.5) is 13.2 Å². The van der Waals surface area contributed by atoms with Gasteiger partial charge in [-0.05, 0) is 43.1 Å². The van der Waals surface area contributed by atoms with Gasteiger partial charge >= 0.3 is 0 Å². The molecule has 1 heterocycles. The standard InChI is InChI=1S/C19H20F3NO3S.ClH/c1-27(24,25)26-19(16-9-4-10-23-16)17(12-5-2-6-13(20)11-12)14-7-3-8-15(21)18(14)22;/h2-3,5-8,11,16-17,19,23H,4,9-10H2,1H3;1H/t16-,17?,19?;/m1./s1. The van der Waals surface area contributed by atoms with E-state index in [0.717, 1.165) is 18.7 Å². The smallest absolute Gasteiger partial charge is 0.264 e. The molecule has 154 valence electrons. The highest BCUT2D eigenvalue weighted by molar-refractivity contribution is 7.86. The Kier molecular flexibility index (Phi) is 7.50. The van der Waals surface area contributed by atoms with Gasteiger partial charge in [0.25, 0.3) is 10.1 Å². The summed E-state index contributed by atoms with van der Waals surface area (Å²) in [5.74, 6) is -3.74. The number of rotatable bonds is 6. The largest absolute Gasteiger partial charge is 0.311 e. The molecule has 1 fully saturated rings. The van der Waals surface area contributed by atoms with E-state index in [1.807, 2.05) is 0 Å². The van der Waals surface area contributed by atoms with Crippen LogP contribution < -0.4 is 5.32 Å². The molecule has 28 heavy (non-hydrogen) atoms. The van der Waals surface area contributed by atoms with Crippen LogP contribution in [0.15, 0.2) is 42.5 Å². The van der Waals surface area contributed by atoms with E-state index in [9.17, 15) is 21.6 Å². The van der Waals surface area contributed by atoms with Crippen LogP contribution >= 0.6 is 12.4 Å². The van der Waals surface area contributed by atoms with Crippen LogP contribution in [0.3, 0.4) is 0 Å². The van der Waals surface area contributed by atoms with Crippen molar-refractivity contribution in [1.29, 1.82) is 0 Å². The summed E-state index contributed by atoms with van der Waals surface area (Å²) < 4.78 is 71.5. The first kappa shape index (κ1) is 22.7. The van der Waals surface area contributed by atoms with Crippen LogP contribution in [0.25, 0.3) is 0 Å². The second-order valence-corrected chi connectivity index (χ2v) is 8.24. The topological polar surface area (TPSA) is 55.4 Å². The van der Waals surface area contributed by atoms with Crippen LogP contribution in [0.2, 0.25) is 0 Å². The SMILES string of the molecule is CS(=O)(=O)OC(C(c1cccc(F)c1)c1cccc(F)c1F)[C@H]1CCCN1.Cl. The zero-order valence-electron chi connectivity index (χ0n) is 15.1. The highest BCUT2D eigenvalue weighted by atomic mass is 35.5. The van der Waals surface area contributed by atoms with E-state index < -0.39 is 45.6 Å². The molecular formula is C19H21ClF3NO3S. The molecule has 0 aliphatic carbocycles. The molecule has 2 unspecified atom stereocenters. The van der Waals surface area contributed by atoms with Crippen molar-refractivity contribution < 1.29 is 25.8 Å². The summed E-state index contributed by atoms with van der Waals surface area (Å²) in [7, 11) is -3.90. The van der Waals surface area contributed by atoms with Gasteiger partial charge in [-0.1, -0.05) is 24.3 Å². The fraction of sp³-hybridized carbons (Fsp3) is 0.368. The van der Waals surface area contributed by atoms with Gasteiger partial charge in [0.2, 0.25) is 0 Å². The molecule has 0 radical (unpaired) electrons. The highest BCUT2D eigenvalue weighted by Gasteiger charge is 2.38. The summed E-state index contributed by atoms with van der Waals surface area (Å²) in [5.41, 5.74) is 0.227. The third-order valence-corrected chi connectivity index (χ3v) is 5.21. The molecule has 0 amide bonds. The molecular weight excluding hydrogens is 415 g/mol. The molecule has 3 rings (SSSR count). The Morgan fingerprint density at radius 1 is 1.14 bits per heavy atom. The van der Waals surface area contributed by atoms with Crippen LogP contribution in [0.5, 0.6) is 0 Å². The average Bonchev–Trinajstić information content (AvgIpc) is 3.11. The highest BCUT2D eigenvalue weighted by Crippen LogP contribution is 2.36. The van der Waals surface area contributed by atoms with Gasteiger partial charge in [0, 0.05) is 17.5 Å². The number of halogens is 4. The average molecular weight is 436 g/mol. The van der Waals surface area contributed by atoms with Crippen LogP contribution in [0, 0.1) is 17.5 Å². The minimum Gasteiger partial charge on any atom is -0.311 e. The van der Waals surface area contributed by atoms with Crippen LogP contribution in [0.1, 0.15) is 29.9 Å². The summed E-state index contributed by atoms with van der Waals surface area (Å²) in [4.78, 5) is 0. The first-order valence-electron chi connectivity index (χ1n) is 8.57. The van der Waals surface area contributed by atoms with Crippen molar-refractivity contribution in [3.8, 4) is 0 Å². The van der Waals surface area contributed by atoms with Gasteiger partial charge in [0.1, 0.15) is 11.9 Å². The number of benzene rings is 2. The molecule has 0 spiro atoms. The quantitative estimate of drug-likeness (QED) is 0.702. The van der Waals surface area contributed by atoms with Crippen molar-refractivity contribution in [3.63, 3.8) is 0 Å². The van der Waals surface area contributed by atoms with Gasteiger partial charge < -0.3 is 5.32 Å². The van der Waals surface area contributed by atoms with Gasteiger partial charge in [-0.15, -0.1) is 12.4 Å². The lowest BCUT2D eigenvalue weighted by atomic mass is 9.82. The predicted octanol–water partition coefficient (Wildman–Crippen LogP) is 3.75. The van der Waals surface area contributed by atoms with Gasteiger partial charge in [-0.25, -0.2) is 13.2 Å². The van der Waals surface area contributed by atoms with E-state index in [1.54, 1.807) is 6.07 Å². The Morgan fingerprint density at radius 2 is 1.86 bits per heavy atom. The maximum Gasteiger partial charge on any atom is 0.264 e. The first-order chi connectivity index (χ1) is 12.8. The van der Waals surface area contributed by atoms with Crippen molar-refractivity contribution in [1.82, 2.24) is 5.32 Å². The van der Waals surface area contributed by atoms with Crippen molar-refractivity contribution in [3.05, 3.63) is 71.0 Å². The molecule has 9 heteroatoms. The monoisotopic (exact) mass is 435 g/mol.